The van der Waals surface area contributed by atoms with E-state index in [1.807, 2.05) is 0 Å². The van der Waals surface area contributed by atoms with Crippen molar-refractivity contribution in [3.05, 3.63) is 24.0 Å². The molecular formula is C12H15BrN2O2. The number of aromatic nitrogens is 1. The van der Waals surface area contributed by atoms with Gasteiger partial charge in [-0.05, 0) is 24.8 Å². The largest absolute Gasteiger partial charge is 0.505 e. The normalized spacial score (nSPS) is 17.1. The highest BCUT2D eigenvalue weighted by molar-refractivity contribution is 9.09. The number of amides is 1. The van der Waals surface area contributed by atoms with E-state index < -0.39 is 0 Å². The third-order valence-electron chi connectivity index (χ3n) is 3.15. The molecule has 1 aliphatic rings. The van der Waals surface area contributed by atoms with Gasteiger partial charge in [0.2, 0.25) is 0 Å². The molecule has 0 atom stereocenters. The highest BCUT2D eigenvalue weighted by atomic mass is 79.9. The molecule has 2 rings (SSSR count). The number of pyridine rings is 1. The summed E-state index contributed by atoms with van der Waals surface area (Å²) in [4.78, 5) is 17.7. The van der Waals surface area contributed by atoms with Gasteiger partial charge in [-0.25, -0.2) is 0 Å². The Morgan fingerprint density at radius 3 is 2.82 bits per heavy atom. The Morgan fingerprint density at radius 1 is 1.53 bits per heavy atom. The van der Waals surface area contributed by atoms with Crippen molar-refractivity contribution in [1.82, 2.24) is 9.88 Å². The van der Waals surface area contributed by atoms with Gasteiger partial charge in [0, 0.05) is 24.6 Å². The summed E-state index contributed by atoms with van der Waals surface area (Å²) in [6.07, 6.45) is 4.86. The number of carbonyl (C=O) groups is 1. The van der Waals surface area contributed by atoms with Gasteiger partial charge in [-0.3, -0.25) is 9.78 Å². The van der Waals surface area contributed by atoms with Gasteiger partial charge in [-0.1, -0.05) is 15.9 Å². The summed E-state index contributed by atoms with van der Waals surface area (Å²) in [5.41, 5.74) is 0.345. The maximum atomic E-state index is 12.1. The molecular weight excluding hydrogens is 284 g/mol. The van der Waals surface area contributed by atoms with Crippen molar-refractivity contribution in [1.29, 1.82) is 0 Å². The predicted octanol–water partition coefficient (Wildman–Crippen LogP) is 2.03. The lowest BCUT2D eigenvalue weighted by atomic mass is 9.98. The Bertz CT molecular complexity index is 403. The molecule has 1 fully saturated rings. The summed E-state index contributed by atoms with van der Waals surface area (Å²) in [6.45, 7) is 1.52. The number of alkyl halides is 1. The highest BCUT2D eigenvalue weighted by Gasteiger charge is 2.24. The van der Waals surface area contributed by atoms with Crippen molar-refractivity contribution < 1.29 is 9.90 Å². The molecule has 4 nitrogen and oxygen atoms in total. The lowest BCUT2D eigenvalue weighted by Gasteiger charge is -2.31. The van der Waals surface area contributed by atoms with E-state index in [2.05, 4.69) is 20.9 Å². The van der Waals surface area contributed by atoms with Crippen LogP contribution >= 0.6 is 15.9 Å². The van der Waals surface area contributed by atoms with Crippen molar-refractivity contribution in [3.8, 4) is 5.75 Å². The molecule has 0 aromatic carbocycles. The first-order valence-electron chi connectivity index (χ1n) is 5.70. The van der Waals surface area contributed by atoms with Crippen LogP contribution < -0.4 is 0 Å². The second-order valence-electron chi connectivity index (χ2n) is 4.28. The minimum Gasteiger partial charge on any atom is -0.505 e. The summed E-state index contributed by atoms with van der Waals surface area (Å²) in [5, 5.41) is 10.6. The number of carbonyl (C=O) groups excluding carboxylic acids is 1. The Hall–Kier alpha value is -1.10. The molecule has 0 bridgehead atoms. The van der Waals surface area contributed by atoms with Crippen LogP contribution in [0.3, 0.4) is 0 Å². The van der Waals surface area contributed by atoms with Gasteiger partial charge < -0.3 is 10.0 Å². The van der Waals surface area contributed by atoms with E-state index in [1.165, 1.54) is 12.4 Å². The number of likely N-dealkylation sites (tertiary alicyclic amines) is 1. The fourth-order valence-electron chi connectivity index (χ4n) is 2.03. The smallest absolute Gasteiger partial charge is 0.257 e. The van der Waals surface area contributed by atoms with Gasteiger partial charge in [0.15, 0.2) is 0 Å². The maximum Gasteiger partial charge on any atom is 0.257 e. The van der Waals surface area contributed by atoms with Crippen LogP contribution in [0.2, 0.25) is 0 Å². The van der Waals surface area contributed by atoms with E-state index in [1.54, 1.807) is 11.0 Å². The molecule has 1 aliphatic heterocycles. The van der Waals surface area contributed by atoms with Crippen molar-refractivity contribution >= 4 is 21.8 Å². The maximum absolute atomic E-state index is 12.1. The number of halogens is 1. The molecule has 1 amide bonds. The summed E-state index contributed by atoms with van der Waals surface area (Å²) in [5.74, 6) is 0.517. The Balaban J connectivity index is 2.04. The molecule has 5 heteroatoms. The standard InChI is InChI=1S/C12H15BrN2O2/c13-7-9-2-5-15(6-3-9)12(17)10-1-4-14-8-11(10)16/h1,4,8-9,16H,2-3,5-7H2. The number of nitrogens with zero attached hydrogens (tertiary/aromatic N) is 2. The highest BCUT2D eigenvalue weighted by Crippen LogP contribution is 2.23. The SMILES string of the molecule is O=C(c1ccncc1O)N1CCC(CBr)CC1. The van der Waals surface area contributed by atoms with Crippen LogP contribution in [0.4, 0.5) is 0 Å². The zero-order valence-corrected chi connectivity index (χ0v) is 11.1. The predicted molar refractivity (Wildman–Crippen MR) is 68.3 cm³/mol. The molecule has 1 N–H and O–H groups in total. The summed E-state index contributed by atoms with van der Waals surface area (Å²) in [7, 11) is 0. The Morgan fingerprint density at radius 2 is 2.24 bits per heavy atom. The molecule has 17 heavy (non-hydrogen) atoms. The van der Waals surface area contributed by atoms with Crippen LogP contribution in [-0.4, -0.2) is 39.3 Å². The second kappa shape index (κ2) is 5.49. The van der Waals surface area contributed by atoms with E-state index >= 15 is 0 Å². The quantitative estimate of drug-likeness (QED) is 0.850. The molecule has 0 radical (unpaired) electrons. The molecule has 1 aromatic rings. The molecule has 2 heterocycles. The van der Waals surface area contributed by atoms with E-state index in [0.717, 1.165) is 31.3 Å². The van der Waals surface area contributed by atoms with E-state index in [9.17, 15) is 9.90 Å². The molecule has 1 aromatic heterocycles. The van der Waals surface area contributed by atoms with Crippen LogP contribution in [0.25, 0.3) is 0 Å². The van der Waals surface area contributed by atoms with Crippen LogP contribution in [0, 0.1) is 5.92 Å². The van der Waals surface area contributed by atoms with Crippen LogP contribution in [-0.2, 0) is 0 Å². The van der Waals surface area contributed by atoms with Gasteiger partial charge in [-0.2, -0.15) is 0 Å². The molecule has 92 valence electrons. The third kappa shape index (κ3) is 2.77. The van der Waals surface area contributed by atoms with Crippen LogP contribution in [0.15, 0.2) is 18.5 Å². The molecule has 0 unspecified atom stereocenters. The van der Waals surface area contributed by atoms with E-state index in [0.29, 0.717) is 11.5 Å². The fourth-order valence-corrected chi connectivity index (χ4v) is 2.68. The van der Waals surface area contributed by atoms with E-state index in [4.69, 9.17) is 0 Å². The minimum atomic E-state index is -0.0991. The van der Waals surface area contributed by atoms with Crippen molar-refractivity contribution in [2.45, 2.75) is 12.8 Å². The van der Waals surface area contributed by atoms with Gasteiger partial charge in [-0.15, -0.1) is 0 Å². The lowest BCUT2D eigenvalue weighted by molar-refractivity contribution is 0.0696. The number of hydrogen-bond acceptors (Lipinski definition) is 3. The number of rotatable bonds is 2. The Kier molecular flexibility index (Phi) is 3.99. The second-order valence-corrected chi connectivity index (χ2v) is 4.93. The average Bonchev–Trinajstić information content (AvgIpc) is 2.39. The number of aromatic hydroxyl groups is 1. The first-order chi connectivity index (χ1) is 8.22. The summed E-state index contributed by atoms with van der Waals surface area (Å²) < 4.78 is 0. The zero-order chi connectivity index (χ0) is 12.3. The summed E-state index contributed by atoms with van der Waals surface area (Å²) in [6, 6.07) is 1.56. The van der Waals surface area contributed by atoms with Gasteiger partial charge >= 0.3 is 0 Å². The summed E-state index contributed by atoms with van der Waals surface area (Å²) >= 11 is 3.47. The topological polar surface area (TPSA) is 53.4 Å². The van der Waals surface area contributed by atoms with E-state index in [-0.39, 0.29) is 11.7 Å². The zero-order valence-electron chi connectivity index (χ0n) is 9.47. The first kappa shape index (κ1) is 12.4. The number of piperidine rings is 1. The van der Waals surface area contributed by atoms with Gasteiger partial charge in [0.25, 0.3) is 5.91 Å². The van der Waals surface area contributed by atoms with Crippen LogP contribution in [0.1, 0.15) is 23.2 Å². The van der Waals surface area contributed by atoms with Gasteiger partial charge in [0.1, 0.15) is 5.75 Å². The first-order valence-corrected chi connectivity index (χ1v) is 6.82. The van der Waals surface area contributed by atoms with Crippen molar-refractivity contribution in [3.63, 3.8) is 0 Å². The van der Waals surface area contributed by atoms with Gasteiger partial charge in [0.05, 0.1) is 11.8 Å². The fraction of sp³-hybridized carbons (Fsp3) is 0.500. The molecule has 0 aliphatic carbocycles. The molecule has 0 saturated carbocycles. The minimum absolute atomic E-state index is 0.0416. The lowest BCUT2D eigenvalue weighted by Crippen LogP contribution is -2.38. The molecule has 1 saturated heterocycles. The van der Waals surface area contributed by atoms with Crippen molar-refractivity contribution in [2.75, 3.05) is 18.4 Å². The average molecular weight is 299 g/mol. The Labute approximate surface area is 109 Å². The number of hydrogen-bond donors (Lipinski definition) is 1. The van der Waals surface area contributed by atoms with Crippen molar-refractivity contribution in [2.24, 2.45) is 5.92 Å². The molecule has 0 spiro atoms. The monoisotopic (exact) mass is 298 g/mol. The van der Waals surface area contributed by atoms with Crippen LogP contribution in [0.5, 0.6) is 5.75 Å². The third-order valence-corrected chi connectivity index (χ3v) is 4.07.